The molecule has 0 aliphatic rings. The van der Waals surface area contributed by atoms with E-state index in [9.17, 15) is 34.2 Å². The zero-order chi connectivity index (χ0) is 29.0. The van der Waals surface area contributed by atoms with Crippen molar-refractivity contribution in [2.24, 2.45) is 0 Å². The Morgan fingerprint density at radius 1 is 0.795 bits per heavy atom. The molecule has 2 rings (SSSR count). The second-order valence-corrected chi connectivity index (χ2v) is 9.69. The Morgan fingerprint density at radius 3 is 1.95 bits per heavy atom. The van der Waals surface area contributed by atoms with Crippen molar-refractivity contribution in [3.8, 4) is 5.75 Å². The van der Waals surface area contributed by atoms with Crippen LogP contribution in [-0.4, -0.2) is 65.7 Å². The van der Waals surface area contributed by atoms with Gasteiger partial charge in [-0.2, -0.15) is 0 Å². The van der Waals surface area contributed by atoms with Gasteiger partial charge in [0.1, 0.15) is 17.4 Å². The number of hydrogen-bond acceptors (Lipinski definition) is 8. The van der Waals surface area contributed by atoms with E-state index in [4.69, 9.17) is 4.74 Å². The van der Waals surface area contributed by atoms with E-state index in [2.05, 4.69) is 21.3 Å². The van der Waals surface area contributed by atoms with Crippen molar-refractivity contribution < 1.29 is 38.9 Å². The molecule has 0 bridgehead atoms. The highest BCUT2D eigenvalue weighted by atomic mass is 16.6. The first kappa shape index (κ1) is 30.6. The third-order valence-corrected chi connectivity index (χ3v) is 5.16. The second-order valence-electron chi connectivity index (χ2n) is 9.69. The number of rotatable bonds is 12. The molecule has 0 saturated carbocycles. The summed E-state index contributed by atoms with van der Waals surface area (Å²) in [5.41, 5.74) is 0.504. The molecule has 4 amide bonds. The van der Waals surface area contributed by atoms with Crippen molar-refractivity contribution in [2.45, 2.75) is 51.3 Å². The smallest absolute Gasteiger partial charge is 0.408 e. The molecule has 2 aromatic carbocycles. The maximum Gasteiger partial charge on any atom is 0.408 e. The van der Waals surface area contributed by atoms with E-state index in [0.29, 0.717) is 11.1 Å². The SMILES string of the molecule is CC(C)(C)OC(=O)N[C@@H](Cc1ccc(O)cc1)C(=O)NCC(=O)NCC(=O)N[C@@H](Cc1ccccc1)C(=O)[O-]. The fraction of sp³-hybridized carbons (Fsp3) is 0.370. The summed E-state index contributed by atoms with van der Waals surface area (Å²) in [5, 5.41) is 30.3. The summed E-state index contributed by atoms with van der Waals surface area (Å²) in [6.45, 7) is 3.96. The van der Waals surface area contributed by atoms with Gasteiger partial charge in [-0.25, -0.2) is 4.79 Å². The molecule has 0 radical (unpaired) electrons. The van der Waals surface area contributed by atoms with E-state index < -0.39 is 60.6 Å². The molecule has 0 heterocycles. The van der Waals surface area contributed by atoms with Gasteiger partial charge in [0.2, 0.25) is 17.7 Å². The zero-order valence-electron chi connectivity index (χ0n) is 22.0. The Morgan fingerprint density at radius 2 is 1.36 bits per heavy atom. The molecular formula is C27H33N4O8-. The molecule has 0 aliphatic heterocycles. The maximum absolute atomic E-state index is 12.8. The normalized spacial score (nSPS) is 12.4. The molecule has 39 heavy (non-hydrogen) atoms. The predicted octanol–water partition coefficient (Wildman–Crippen LogP) is -0.462. The van der Waals surface area contributed by atoms with Crippen molar-refractivity contribution in [3.63, 3.8) is 0 Å². The molecule has 0 aliphatic carbocycles. The first-order chi connectivity index (χ1) is 18.3. The number of alkyl carbamates (subject to hydrolysis) is 1. The van der Waals surface area contributed by atoms with Gasteiger partial charge in [-0.3, -0.25) is 14.4 Å². The van der Waals surface area contributed by atoms with Crippen LogP contribution in [0.2, 0.25) is 0 Å². The highest BCUT2D eigenvalue weighted by Crippen LogP contribution is 2.12. The number of aromatic hydroxyl groups is 1. The Kier molecular flexibility index (Phi) is 11.3. The van der Waals surface area contributed by atoms with Crippen molar-refractivity contribution in [2.75, 3.05) is 13.1 Å². The van der Waals surface area contributed by atoms with E-state index in [0.717, 1.165) is 0 Å². The quantitative estimate of drug-likeness (QED) is 0.239. The summed E-state index contributed by atoms with van der Waals surface area (Å²) in [5.74, 6) is -3.59. The average molecular weight is 542 g/mol. The van der Waals surface area contributed by atoms with Crippen LogP contribution in [0.4, 0.5) is 4.79 Å². The van der Waals surface area contributed by atoms with Crippen LogP contribution in [0.1, 0.15) is 31.9 Å². The fourth-order valence-electron chi connectivity index (χ4n) is 3.35. The average Bonchev–Trinajstić information content (AvgIpc) is 2.86. The van der Waals surface area contributed by atoms with Gasteiger partial charge in [-0.15, -0.1) is 0 Å². The Labute approximate surface area is 226 Å². The van der Waals surface area contributed by atoms with Crippen LogP contribution in [-0.2, 0) is 36.8 Å². The van der Waals surface area contributed by atoms with Gasteiger partial charge in [-0.05, 0) is 50.5 Å². The molecule has 0 aromatic heterocycles. The van der Waals surface area contributed by atoms with Crippen LogP contribution in [0.5, 0.6) is 5.75 Å². The summed E-state index contributed by atoms with van der Waals surface area (Å²) < 4.78 is 5.21. The number of ether oxygens (including phenoxy) is 1. The summed E-state index contributed by atoms with van der Waals surface area (Å²) >= 11 is 0. The van der Waals surface area contributed by atoms with E-state index in [1.54, 1.807) is 63.2 Å². The van der Waals surface area contributed by atoms with Crippen LogP contribution < -0.4 is 26.4 Å². The number of phenolic OH excluding ortho intramolecular Hbond substituents is 1. The number of benzene rings is 2. The lowest BCUT2D eigenvalue weighted by atomic mass is 10.1. The minimum absolute atomic E-state index is 0.00594. The first-order valence-electron chi connectivity index (χ1n) is 12.2. The van der Waals surface area contributed by atoms with E-state index in [1.807, 2.05) is 0 Å². The largest absolute Gasteiger partial charge is 0.548 e. The van der Waals surface area contributed by atoms with Crippen molar-refractivity contribution in [1.82, 2.24) is 21.3 Å². The van der Waals surface area contributed by atoms with Crippen LogP contribution in [0, 0.1) is 0 Å². The molecule has 2 atom stereocenters. The van der Waals surface area contributed by atoms with Gasteiger partial charge >= 0.3 is 6.09 Å². The number of carboxylic acid groups (broad SMARTS) is 1. The Bertz CT molecular complexity index is 1150. The molecule has 0 unspecified atom stereocenters. The second kappa shape index (κ2) is 14.4. The Balaban J connectivity index is 1.89. The molecule has 12 heteroatoms. The van der Waals surface area contributed by atoms with Gasteiger partial charge in [-0.1, -0.05) is 42.5 Å². The monoisotopic (exact) mass is 541 g/mol. The van der Waals surface area contributed by atoms with Gasteiger partial charge < -0.3 is 41.0 Å². The van der Waals surface area contributed by atoms with Gasteiger partial charge in [0.05, 0.1) is 25.1 Å². The summed E-state index contributed by atoms with van der Waals surface area (Å²) in [6.07, 6.45) is -0.784. The van der Waals surface area contributed by atoms with Crippen LogP contribution in [0.25, 0.3) is 0 Å². The summed E-state index contributed by atoms with van der Waals surface area (Å²) in [6, 6.07) is 12.3. The molecule has 210 valence electrons. The number of phenols is 1. The summed E-state index contributed by atoms with van der Waals surface area (Å²) in [4.78, 5) is 60.9. The van der Waals surface area contributed by atoms with Crippen molar-refractivity contribution in [3.05, 3.63) is 65.7 Å². The minimum atomic E-state index is -1.47. The number of hydrogen-bond donors (Lipinski definition) is 5. The van der Waals surface area contributed by atoms with Gasteiger partial charge in [0.25, 0.3) is 0 Å². The fourth-order valence-corrected chi connectivity index (χ4v) is 3.35. The lowest BCUT2D eigenvalue weighted by Crippen LogP contribution is -2.53. The zero-order valence-corrected chi connectivity index (χ0v) is 22.0. The Hall–Kier alpha value is -4.61. The van der Waals surface area contributed by atoms with E-state index in [1.165, 1.54) is 12.1 Å². The van der Waals surface area contributed by atoms with E-state index in [-0.39, 0.29) is 18.6 Å². The number of aliphatic carboxylic acids is 1. The molecule has 12 nitrogen and oxygen atoms in total. The molecule has 0 saturated heterocycles. The molecule has 5 N–H and O–H groups in total. The van der Waals surface area contributed by atoms with Crippen LogP contribution in [0.15, 0.2) is 54.6 Å². The predicted molar refractivity (Wildman–Crippen MR) is 138 cm³/mol. The van der Waals surface area contributed by atoms with Crippen LogP contribution in [0.3, 0.4) is 0 Å². The first-order valence-corrected chi connectivity index (χ1v) is 12.2. The third-order valence-electron chi connectivity index (χ3n) is 5.16. The lowest BCUT2D eigenvalue weighted by Gasteiger charge is -2.23. The molecular weight excluding hydrogens is 508 g/mol. The summed E-state index contributed by atoms with van der Waals surface area (Å²) in [7, 11) is 0. The third kappa shape index (κ3) is 12.0. The number of carbonyl (C=O) groups is 5. The molecule has 2 aromatic rings. The number of nitrogens with one attached hydrogen (secondary N) is 4. The maximum atomic E-state index is 12.8. The highest BCUT2D eigenvalue weighted by molar-refractivity contribution is 5.91. The number of amides is 4. The lowest BCUT2D eigenvalue weighted by molar-refractivity contribution is -0.308. The van der Waals surface area contributed by atoms with Crippen molar-refractivity contribution >= 4 is 29.8 Å². The molecule has 0 spiro atoms. The number of carbonyl (C=O) groups excluding carboxylic acids is 5. The molecule has 0 fully saturated rings. The topological polar surface area (TPSA) is 186 Å². The van der Waals surface area contributed by atoms with Gasteiger partial charge in [0, 0.05) is 6.42 Å². The van der Waals surface area contributed by atoms with Crippen LogP contribution >= 0.6 is 0 Å². The van der Waals surface area contributed by atoms with Gasteiger partial charge in [0.15, 0.2) is 0 Å². The highest BCUT2D eigenvalue weighted by Gasteiger charge is 2.25. The minimum Gasteiger partial charge on any atom is -0.548 e. The van der Waals surface area contributed by atoms with E-state index >= 15 is 0 Å². The standard InChI is InChI=1S/C27H34N4O8/c1-27(2,3)39-26(38)31-20(13-18-9-11-19(32)12-10-18)24(35)29-15-22(33)28-16-23(34)30-21(25(36)37)14-17-7-5-4-6-8-17/h4-12,20-21,32H,13-16H2,1-3H3,(H,28,33)(H,29,35)(H,30,34)(H,31,38)(H,36,37)/p-1/t20-,21-/m0/s1. The van der Waals surface area contributed by atoms with Crippen molar-refractivity contribution in [1.29, 1.82) is 0 Å². The number of carboxylic acids is 1.